The van der Waals surface area contributed by atoms with Crippen LogP contribution in [0.1, 0.15) is 18.1 Å². The number of fused-ring (bicyclic) bond motifs is 1. The van der Waals surface area contributed by atoms with Crippen molar-refractivity contribution in [2.75, 3.05) is 20.8 Å². The Hall–Kier alpha value is -1.29. The maximum atomic E-state index is 7.32. The molecule has 5 heteroatoms. The summed E-state index contributed by atoms with van der Waals surface area (Å²) in [6, 6.07) is 9.99. The number of rotatable bonds is 1. The molecular weight excluding hydrogens is 343 g/mol. The molecule has 0 unspecified atom stereocenters. The van der Waals surface area contributed by atoms with E-state index in [1.165, 1.54) is 12.5 Å². The normalized spacial score (nSPS) is 12.1. The highest BCUT2D eigenvalue weighted by atomic mass is 127. The van der Waals surface area contributed by atoms with Crippen molar-refractivity contribution in [1.29, 1.82) is 5.26 Å². The summed E-state index contributed by atoms with van der Waals surface area (Å²) in [5.74, 6) is 0.800. The molecule has 0 radical (unpaired) electrons. The van der Waals surface area contributed by atoms with Gasteiger partial charge in [0, 0.05) is 18.1 Å². The second-order valence-corrected chi connectivity index (χ2v) is 3.42. The maximum absolute atomic E-state index is 7.32. The first-order chi connectivity index (χ1) is 8.28. The third-order valence-electron chi connectivity index (χ3n) is 2.47. The summed E-state index contributed by atoms with van der Waals surface area (Å²) < 4.78 is 7.12. The third kappa shape index (κ3) is 3.88. The predicted molar refractivity (Wildman–Crippen MR) is 64.7 cm³/mol. The molecule has 0 aromatic heterocycles. The SMILES string of the molecule is CC#N.COC1=[N+](OC)CCc2ccccc21.[I-]. The third-order valence-corrected chi connectivity index (χ3v) is 2.47. The fourth-order valence-corrected chi connectivity index (χ4v) is 1.79. The average molecular weight is 360 g/mol. The second kappa shape index (κ2) is 8.75. The minimum atomic E-state index is 0. The van der Waals surface area contributed by atoms with Crippen LogP contribution >= 0.6 is 0 Å². The van der Waals surface area contributed by atoms with Crippen LogP contribution in [0.5, 0.6) is 0 Å². The van der Waals surface area contributed by atoms with Crippen molar-refractivity contribution in [3.8, 4) is 6.07 Å². The van der Waals surface area contributed by atoms with Crippen molar-refractivity contribution < 1.29 is 38.3 Å². The molecule has 1 aromatic rings. The number of hydrogen-bond donors (Lipinski definition) is 0. The molecule has 0 fully saturated rings. The quantitative estimate of drug-likeness (QED) is 0.464. The van der Waals surface area contributed by atoms with Crippen LogP contribution in [-0.2, 0) is 16.0 Å². The van der Waals surface area contributed by atoms with Crippen molar-refractivity contribution in [1.82, 2.24) is 0 Å². The Morgan fingerprint density at radius 3 is 2.44 bits per heavy atom. The first-order valence-electron chi connectivity index (χ1n) is 5.40. The summed E-state index contributed by atoms with van der Waals surface area (Å²) in [4.78, 5) is 5.22. The summed E-state index contributed by atoms with van der Waals surface area (Å²) in [6.45, 7) is 2.27. The van der Waals surface area contributed by atoms with Crippen LogP contribution in [0.2, 0.25) is 0 Å². The zero-order chi connectivity index (χ0) is 12.7. The molecule has 0 amide bonds. The molecule has 0 spiro atoms. The van der Waals surface area contributed by atoms with Gasteiger partial charge in [0.25, 0.3) is 0 Å². The van der Waals surface area contributed by atoms with Crippen molar-refractivity contribution in [2.24, 2.45) is 0 Å². The molecule has 1 aromatic carbocycles. The van der Waals surface area contributed by atoms with Crippen molar-refractivity contribution >= 4 is 5.90 Å². The lowest BCUT2D eigenvalue weighted by Gasteiger charge is -2.13. The number of hydrogen-bond acceptors (Lipinski definition) is 3. The highest BCUT2D eigenvalue weighted by molar-refractivity contribution is 5.92. The Labute approximate surface area is 125 Å². The number of ether oxygens (including phenoxy) is 1. The van der Waals surface area contributed by atoms with Gasteiger partial charge in [0.15, 0.2) is 0 Å². The minimum absolute atomic E-state index is 0. The van der Waals surface area contributed by atoms with Gasteiger partial charge in [0.05, 0.1) is 18.7 Å². The van der Waals surface area contributed by atoms with E-state index < -0.39 is 0 Å². The summed E-state index contributed by atoms with van der Waals surface area (Å²) in [5.41, 5.74) is 2.45. The zero-order valence-corrected chi connectivity index (χ0v) is 13.0. The standard InChI is InChI=1S/C11H14NO2.C2H3N.HI/c1-13-11-10-6-4-3-5-9(10)7-8-12(11)14-2;1-2-3;/h3-6H,7-8H2,1-2H3;1H3;1H/q+1;;/p-1. The highest BCUT2D eigenvalue weighted by Gasteiger charge is 2.27. The molecule has 0 aliphatic carbocycles. The smallest absolute Gasteiger partial charge is 0.418 e. The number of nitriles is 1. The molecule has 1 heterocycles. The van der Waals surface area contributed by atoms with Crippen LogP contribution in [0, 0.1) is 11.3 Å². The summed E-state index contributed by atoms with van der Waals surface area (Å²) >= 11 is 0. The van der Waals surface area contributed by atoms with Crippen molar-refractivity contribution in [3.63, 3.8) is 0 Å². The van der Waals surface area contributed by atoms with Crippen LogP contribution in [0.15, 0.2) is 24.3 Å². The fourth-order valence-electron chi connectivity index (χ4n) is 1.79. The summed E-state index contributed by atoms with van der Waals surface area (Å²) in [5, 5.41) is 7.32. The average Bonchev–Trinajstić information content (AvgIpc) is 2.38. The second-order valence-electron chi connectivity index (χ2n) is 3.42. The molecule has 98 valence electrons. The van der Waals surface area contributed by atoms with Crippen LogP contribution in [0.4, 0.5) is 0 Å². The largest absolute Gasteiger partial charge is 1.00 e. The Bertz CT molecular complexity index is 453. The molecule has 0 N–H and O–H groups in total. The van der Waals surface area contributed by atoms with Crippen LogP contribution in [-0.4, -0.2) is 31.4 Å². The van der Waals surface area contributed by atoms with Gasteiger partial charge in [-0.3, -0.25) is 4.84 Å². The number of benzene rings is 1. The van der Waals surface area contributed by atoms with Gasteiger partial charge >= 0.3 is 5.90 Å². The fraction of sp³-hybridized carbons (Fsp3) is 0.385. The first-order valence-corrected chi connectivity index (χ1v) is 5.40. The molecule has 18 heavy (non-hydrogen) atoms. The van der Waals surface area contributed by atoms with E-state index in [-0.39, 0.29) is 24.0 Å². The van der Waals surface area contributed by atoms with E-state index in [1.807, 2.05) is 6.07 Å². The van der Waals surface area contributed by atoms with Crippen molar-refractivity contribution in [3.05, 3.63) is 35.4 Å². The molecule has 2 rings (SSSR count). The van der Waals surface area contributed by atoms with E-state index in [0.29, 0.717) is 0 Å². The lowest BCUT2D eigenvalue weighted by Crippen LogP contribution is -3.00. The Balaban J connectivity index is 0.000000660. The van der Waals surface area contributed by atoms with E-state index in [4.69, 9.17) is 14.8 Å². The lowest BCUT2D eigenvalue weighted by molar-refractivity contribution is -0.784. The minimum Gasteiger partial charge on any atom is -1.00 e. The van der Waals surface area contributed by atoms with Gasteiger partial charge in [-0.25, -0.2) is 0 Å². The summed E-state index contributed by atoms with van der Waals surface area (Å²) in [7, 11) is 3.33. The highest BCUT2D eigenvalue weighted by Crippen LogP contribution is 2.15. The van der Waals surface area contributed by atoms with Gasteiger partial charge < -0.3 is 28.7 Å². The lowest BCUT2D eigenvalue weighted by atomic mass is 10.0. The Morgan fingerprint density at radius 2 is 1.89 bits per heavy atom. The Kier molecular flexibility index (Phi) is 8.12. The molecule has 1 aliphatic rings. The van der Waals surface area contributed by atoms with Gasteiger partial charge in [-0.15, -0.1) is 0 Å². The Morgan fingerprint density at radius 1 is 1.28 bits per heavy atom. The molecule has 0 saturated carbocycles. The maximum Gasteiger partial charge on any atom is 0.418 e. The molecule has 0 atom stereocenters. The van der Waals surface area contributed by atoms with Gasteiger partial charge in [0.1, 0.15) is 7.11 Å². The van der Waals surface area contributed by atoms with Gasteiger partial charge in [-0.1, -0.05) is 18.2 Å². The number of halogens is 1. The monoisotopic (exact) mass is 360 g/mol. The number of methoxy groups -OCH3 is 1. The van der Waals surface area contributed by atoms with Gasteiger partial charge in [-0.05, 0) is 11.6 Å². The molecule has 0 saturated heterocycles. The van der Waals surface area contributed by atoms with Crippen LogP contribution in [0.25, 0.3) is 0 Å². The van der Waals surface area contributed by atoms with Gasteiger partial charge in [0.2, 0.25) is 6.54 Å². The van der Waals surface area contributed by atoms with E-state index in [0.717, 1.165) is 24.4 Å². The molecule has 0 bridgehead atoms. The molecule has 4 nitrogen and oxygen atoms in total. The predicted octanol–water partition coefficient (Wildman–Crippen LogP) is -1.26. The molecule has 1 aliphatic heterocycles. The topological polar surface area (TPSA) is 45.3 Å². The van der Waals surface area contributed by atoms with E-state index >= 15 is 0 Å². The van der Waals surface area contributed by atoms with E-state index in [2.05, 4.69) is 18.2 Å². The number of hydroxylamine groups is 1. The van der Waals surface area contributed by atoms with Crippen LogP contribution < -0.4 is 24.0 Å². The molecular formula is C13H17IN2O2. The van der Waals surface area contributed by atoms with Crippen molar-refractivity contribution in [2.45, 2.75) is 13.3 Å². The van der Waals surface area contributed by atoms with E-state index in [9.17, 15) is 0 Å². The summed E-state index contributed by atoms with van der Waals surface area (Å²) in [6.07, 6.45) is 0.997. The van der Waals surface area contributed by atoms with Gasteiger partial charge in [-0.2, -0.15) is 5.26 Å². The zero-order valence-electron chi connectivity index (χ0n) is 10.8. The number of nitrogens with zero attached hydrogens (tertiary/aromatic N) is 2. The van der Waals surface area contributed by atoms with E-state index in [1.54, 1.807) is 25.0 Å². The first kappa shape index (κ1) is 16.7. The van der Waals surface area contributed by atoms with Crippen LogP contribution in [0.3, 0.4) is 0 Å².